The number of benzene rings is 2. The second-order valence-electron chi connectivity index (χ2n) is 7.85. The molecule has 0 radical (unpaired) electrons. The number of anilines is 1. The van der Waals surface area contributed by atoms with Crippen molar-refractivity contribution in [2.24, 2.45) is 7.05 Å². The van der Waals surface area contributed by atoms with E-state index in [9.17, 15) is 14.0 Å². The molecule has 34 heavy (non-hydrogen) atoms. The SMILES string of the molecule is COc1ccc([C@@H]2c3c(C)nn(C)c3NC(=O)[C@H]2NC(=O)c2ccc(OC)c(OC)c2)cc1F. The minimum atomic E-state index is -1.02. The first-order valence-electron chi connectivity index (χ1n) is 10.5. The Balaban J connectivity index is 1.77. The molecule has 2 heterocycles. The monoisotopic (exact) mass is 468 g/mol. The first-order valence-corrected chi connectivity index (χ1v) is 10.5. The molecule has 9 nitrogen and oxygen atoms in total. The van der Waals surface area contributed by atoms with Crippen molar-refractivity contribution in [2.75, 3.05) is 26.6 Å². The first kappa shape index (κ1) is 23.1. The Morgan fingerprint density at radius 1 is 1.06 bits per heavy atom. The average molecular weight is 468 g/mol. The van der Waals surface area contributed by atoms with E-state index in [0.29, 0.717) is 34.1 Å². The molecule has 0 spiro atoms. The summed E-state index contributed by atoms with van der Waals surface area (Å²) in [5, 5.41) is 10.0. The second kappa shape index (κ2) is 9.05. The summed E-state index contributed by atoms with van der Waals surface area (Å²) < 4.78 is 31.7. The Labute approximate surface area is 195 Å². The third kappa shape index (κ3) is 3.91. The zero-order chi connectivity index (χ0) is 24.6. The molecule has 1 aliphatic rings. The number of ether oxygens (including phenoxy) is 3. The normalized spacial score (nSPS) is 16.9. The van der Waals surface area contributed by atoms with Crippen molar-refractivity contribution in [1.29, 1.82) is 0 Å². The minimum absolute atomic E-state index is 0.0815. The molecule has 0 saturated carbocycles. The lowest BCUT2D eigenvalue weighted by atomic mass is 9.81. The molecule has 0 unspecified atom stereocenters. The highest BCUT2D eigenvalue weighted by Gasteiger charge is 2.41. The maximum Gasteiger partial charge on any atom is 0.252 e. The van der Waals surface area contributed by atoms with Crippen molar-refractivity contribution in [2.45, 2.75) is 18.9 Å². The van der Waals surface area contributed by atoms with Crippen LogP contribution in [-0.2, 0) is 11.8 Å². The van der Waals surface area contributed by atoms with Gasteiger partial charge in [0, 0.05) is 24.1 Å². The smallest absolute Gasteiger partial charge is 0.252 e. The molecule has 1 aromatic heterocycles. The fourth-order valence-corrected chi connectivity index (χ4v) is 4.29. The molecule has 0 aliphatic carbocycles. The van der Waals surface area contributed by atoms with Gasteiger partial charge in [0.2, 0.25) is 5.91 Å². The van der Waals surface area contributed by atoms with Crippen LogP contribution >= 0.6 is 0 Å². The summed E-state index contributed by atoms with van der Waals surface area (Å²) in [7, 11) is 6.05. The van der Waals surface area contributed by atoms with Crippen molar-refractivity contribution in [1.82, 2.24) is 15.1 Å². The number of fused-ring (bicyclic) bond motifs is 1. The molecule has 0 saturated heterocycles. The number of halogens is 1. The van der Waals surface area contributed by atoms with Gasteiger partial charge < -0.3 is 24.8 Å². The van der Waals surface area contributed by atoms with E-state index in [2.05, 4.69) is 15.7 Å². The molecule has 2 amide bonds. The van der Waals surface area contributed by atoms with Crippen LogP contribution in [0.4, 0.5) is 10.2 Å². The van der Waals surface area contributed by atoms with Gasteiger partial charge in [-0.05, 0) is 42.8 Å². The number of methoxy groups -OCH3 is 3. The maximum atomic E-state index is 14.6. The number of nitrogens with one attached hydrogen (secondary N) is 2. The number of carbonyl (C=O) groups excluding carboxylic acids is 2. The number of rotatable bonds is 6. The van der Waals surface area contributed by atoms with Crippen LogP contribution < -0.4 is 24.8 Å². The Morgan fingerprint density at radius 2 is 1.74 bits per heavy atom. The van der Waals surface area contributed by atoms with E-state index in [1.807, 2.05) is 0 Å². The number of amides is 2. The molecule has 0 fully saturated rings. The van der Waals surface area contributed by atoms with Gasteiger partial charge in [-0.2, -0.15) is 5.10 Å². The van der Waals surface area contributed by atoms with Crippen LogP contribution in [0.25, 0.3) is 0 Å². The molecule has 0 bridgehead atoms. The predicted molar refractivity (Wildman–Crippen MR) is 122 cm³/mol. The van der Waals surface area contributed by atoms with Gasteiger partial charge in [0.1, 0.15) is 11.9 Å². The van der Waals surface area contributed by atoms with Gasteiger partial charge in [0.25, 0.3) is 5.91 Å². The molecule has 2 atom stereocenters. The van der Waals surface area contributed by atoms with Gasteiger partial charge in [-0.15, -0.1) is 0 Å². The van der Waals surface area contributed by atoms with Crippen LogP contribution in [0.2, 0.25) is 0 Å². The van der Waals surface area contributed by atoms with Crippen molar-refractivity contribution >= 4 is 17.6 Å². The maximum absolute atomic E-state index is 14.6. The van der Waals surface area contributed by atoms with Gasteiger partial charge in [0.15, 0.2) is 23.1 Å². The fraction of sp³-hybridized carbons (Fsp3) is 0.292. The van der Waals surface area contributed by atoms with Crippen LogP contribution in [-0.4, -0.2) is 49.0 Å². The third-order valence-corrected chi connectivity index (χ3v) is 5.90. The molecule has 10 heteroatoms. The van der Waals surface area contributed by atoms with Crippen LogP contribution in [0.15, 0.2) is 36.4 Å². The van der Waals surface area contributed by atoms with Crippen molar-refractivity contribution in [3.63, 3.8) is 0 Å². The number of aromatic nitrogens is 2. The molecule has 2 N–H and O–H groups in total. The Bertz CT molecular complexity index is 1270. The quantitative estimate of drug-likeness (QED) is 0.577. The fourth-order valence-electron chi connectivity index (χ4n) is 4.29. The van der Waals surface area contributed by atoms with E-state index in [4.69, 9.17) is 14.2 Å². The van der Waals surface area contributed by atoms with E-state index in [-0.39, 0.29) is 11.3 Å². The number of hydrogen-bond acceptors (Lipinski definition) is 6. The molecule has 178 valence electrons. The molecular weight excluding hydrogens is 443 g/mol. The summed E-state index contributed by atoms with van der Waals surface area (Å²) in [6.45, 7) is 1.80. The summed E-state index contributed by atoms with van der Waals surface area (Å²) in [4.78, 5) is 26.3. The average Bonchev–Trinajstić information content (AvgIpc) is 3.11. The lowest BCUT2D eigenvalue weighted by Gasteiger charge is -2.32. The zero-order valence-electron chi connectivity index (χ0n) is 19.4. The minimum Gasteiger partial charge on any atom is -0.494 e. The molecule has 2 aromatic carbocycles. The van der Waals surface area contributed by atoms with Gasteiger partial charge in [-0.3, -0.25) is 14.3 Å². The Kier molecular flexibility index (Phi) is 6.14. The number of hydrogen-bond donors (Lipinski definition) is 2. The van der Waals surface area contributed by atoms with Crippen molar-refractivity contribution < 1.29 is 28.2 Å². The largest absolute Gasteiger partial charge is 0.494 e. The summed E-state index contributed by atoms with van der Waals surface area (Å²) >= 11 is 0. The Morgan fingerprint density at radius 3 is 2.38 bits per heavy atom. The molecule has 3 aromatic rings. The lowest BCUT2D eigenvalue weighted by Crippen LogP contribution is -2.50. The van der Waals surface area contributed by atoms with Crippen molar-refractivity contribution in [3.8, 4) is 17.2 Å². The highest BCUT2D eigenvalue weighted by Crippen LogP contribution is 2.40. The van der Waals surface area contributed by atoms with E-state index < -0.39 is 29.6 Å². The summed E-state index contributed by atoms with van der Waals surface area (Å²) in [5.41, 5.74) is 2.13. The second-order valence-corrected chi connectivity index (χ2v) is 7.85. The summed E-state index contributed by atoms with van der Waals surface area (Å²) in [5.74, 6) is -0.755. The van der Waals surface area contributed by atoms with Crippen LogP contribution in [0.5, 0.6) is 17.2 Å². The number of aryl methyl sites for hydroxylation is 2. The Hall–Kier alpha value is -4.08. The van der Waals surface area contributed by atoms with Crippen molar-refractivity contribution in [3.05, 3.63) is 64.6 Å². The molecular formula is C24H25FN4O5. The topological polar surface area (TPSA) is 104 Å². The highest BCUT2D eigenvalue weighted by atomic mass is 19.1. The predicted octanol–water partition coefficient (Wildman–Crippen LogP) is 2.78. The summed E-state index contributed by atoms with van der Waals surface area (Å²) in [6.07, 6.45) is 0. The van der Waals surface area contributed by atoms with E-state index in [1.165, 1.54) is 39.5 Å². The van der Waals surface area contributed by atoms with Gasteiger partial charge >= 0.3 is 0 Å². The summed E-state index contributed by atoms with van der Waals surface area (Å²) in [6, 6.07) is 8.16. The molecule has 4 rings (SSSR count). The van der Waals surface area contributed by atoms with Crippen LogP contribution in [0.3, 0.4) is 0 Å². The van der Waals surface area contributed by atoms with E-state index in [0.717, 1.165) is 0 Å². The van der Waals surface area contributed by atoms with Gasteiger partial charge in [0.05, 0.1) is 27.0 Å². The molecule has 1 aliphatic heterocycles. The van der Waals surface area contributed by atoms with Crippen LogP contribution in [0.1, 0.15) is 33.1 Å². The van der Waals surface area contributed by atoms with E-state index >= 15 is 0 Å². The number of carbonyl (C=O) groups is 2. The standard InChI is InChI=1S/C24H25FN4O5/c1-12-19-20(13-6-8-16(32-3)15(25)10-13)21(24(31)27-22(19)29(2)28-12)26-23(30)14-7-9-17(33-4)18(11-14)34-5/h6-11,20-21H,1-5H3,(H,26,30)(H,27,31)/t20-,21+/m1/s1. The highest BCUT2D eigenvalue weighted by molar-refractivity contribution is 6.04. The third-order valence-electron chi connectivity index (χ3n) is 5.90. The lowest BCUT2D eigenvalue weighted by molar-refractivity contribution is -0.118. The van der Waals surface area contributed by atoms with Gasteiger partial charge in [-0.1, -0.05) is 6.07 Å². The van der Waals surface area contributed by atoms with E-state index in [1.54, 1.807) is 36.9 Å². The zero-order valence-corrected chi connectivity index (χ0v) is 19.4. The number of nitrogens with zero attached hydrogens (tertiary/aromatic N) is 2. The van der Waals surface area contributed by atoms with Gasteiger partial charge in [-0.25, -0.2) is 4.39 Å². The van der Waals surface area contributed by atoms with Crippen LogP contribution in [0, 0.1) is 12.7 Å². The first-order chi connectivity index (χ1) is 16.3.